The molecule has 1 fully saturated rings. The maximum absolute atomic E-state index is 11.1. The van der Waals surface area contributed by atoms with E-state index in [1.165, 1.54) is 18.4 Å². The molecule has 1 heterocycles. The van der Waals surface area contributed by atoms with Crippen molar-refractivity contribution < 1.29 is 9.53 Å². The summed E-state index contributed by atoms with van der Waals surface area (Å²) in [6.45, 7) is 3.17. The van der Waals surface area contributed by atoms with E-state index in [0.717, 1.165) is 31.8 Å². The molecule has 0 unspecified atom stereocenters. The third kappa shape index (κ3) is 4.72. The average molecular weight is 291 g/mol. The molecule has 0 spiro atoms. The van der Waals surface area contributed by atoms with Crippen molar-refractivity contribution in [2.45, 2.75) is 31.6 Å². The molecular weight excluding hydrogens is 266 g/mol. The first-order valence-corrected chi connectivity index (χ1v) is 7.58. The number of benzene rings is 1. The lowest BCUT2D eigenvalue weighted by Gasteiger charge is -2.32. The number of nitrogens with two attached hydrogens (primary N) is 1. The van der Waals surface area contributed by atoms with Gasteiger partial charge in [-0.25, -0.2) is 5.84 Å². The van der Waals surface area contributed by atoms with Crippen LogP contribution in [0.5, 0.6) is 5.75 Å². The lowest BCUT2D eigenvalue weighted by molar-refractivity contribution is -0.121. The summed E-state index contributed by atoms with van der Waals surface area (Å²) in [6.07, 6.45) is 3.73. The second kappa shape index (κ2) is 8.00. The Balaban J connectivity index is 1.73. The predicted molar refractivity (Wildman–Crippen MR) is 83.0 cm³/mol. The molecule has 5 nitrogen and oxygen atoms in total. The highest BCUT2D eigenvalue weighted by atomic mass is 16.5. The fourth-order valence-corrected chi connectivity index (χ4v) is 2.90. The molecule has 1 saturated heterocycles. The number of nitrogens with zero attached hydrogens (tertiary/aromatic N) is 1. The van der Waals surface area contributed by atoms with Gasteiger partial charge < -0.3 is 9.64 Å². The van der Waals surface area contributed by atoms with Crippen LogP contribution in [0.2, 0.25) is 0 Å². The Labute approximate surface area is 126 Å². The van der Waals surface area contributed by atoms with Gasteiger partial charge in [0.2, 0.25) is 5.91 Å². The van der Waals surface area contributed by atoms with Crippen LogP contribution in [-0.4, -0.2) is 37.6 Å². The monoisotopic (exact) mass is 291 g/mol. The summed E-state index contributed by atoms with van der Waals surface area (Å²) in [5, 5.41) is 0. The summed E-state index contributed by atoms with van der Waals surface area (Å²) in [6, 6.07) is 8.41. The van der Waals surface area contributed by atoms with Crippen LogP contribution in [0.4, 0.5) is 0 Å². The number of nitrogens with one attached hydrogen (secondary N) is 1. The van der Waals surface area contributed by atoms with Crippen LogP contribution in [0.3, 0.4) is 0 Å². The van der Waals surface area contributed by atoms with Crippen LogP contribution in [0.15, 0.2) is 24.3 Å². The number of amides is 1. The summed E-state index contributed by atoms with van der Waals surface area (Å²) >= 11 is 0. The number of hydrogen-bond donors (Lipinski definition) is 2. The molecule has 0 radical (unpaired) electrons. The van der Waals surface area contributed by atoms with Gasteiger partial charge in [-0.2, -0.15) is 0 Å². The van der Waals surface area contributed by atoms with Gasteiger partial charge in [0, 0.05) is 6.42 Å². The van der Waals surface area contributed by atoms with Crippen LogP contribution >= 0.6 is 0 Å². The van der Waals surface area contributed by atoms with Gasteiger partial charge >= 0.3 is 0 Å². The van der Waals surface area contributed by atoms with Crippen LogP contribution in [0, 0.1) is 0 Å². The van der Waals surface area contributed by atoms with Gasteiger partial charge in [0.25, 0.3) is 0 Å². The molecule has 0 bridgehead atoms. The molecule has 0 atom stereocenters. The molecule has 1 aromatic rings. The number of likely N-dealkylation sites (tertiary alicyclic amines) is 1. The summed E-state index contributed by atoms with van der Waals surface area (Å²) in [4.78, 5) is 13.5. The van der Waals surface area contributed by atoms with Crippen molar-refractivity contribution in [3.05, 3.63) is 29.8 Å². The van der Waals surface area contributed by atoms with E-state index in [1.54, 1.807) is 7.11 Å². The molecule has 3 N–H and O–H groups in total. The zero-order chi connectivity index (χ0) is 15.1. The molecule has 116 valence electrons. The summed E-state index contributed by atoms with van der Waals surface area (Å²) in [5.74, 6) is 6.54. The predicted octanol–water partition coefficient (Wildman–Crippen LogP) is 1.64. The minimum atomic E-state index is -0.0804. The molecule has 5 heteroatoms. The van der Waals surface area contributed by atoms with Gasteiger partial charge in [-0.15, -0.1) is 0 Å². The molecule has 1 aliphatic rings. The van der Waals surface area contributed by atoms with Gasteiger partial charge in [-0.3, -0.25) is 10.2 Å². The number of piperidine rings is 1. The zero-order valence-electron chi connectivity index (χ0n) is 12.7. The third-order valence-corrected chi connectivity index (χ3v) is 4.21. The standard InChI is InChI=1S/C16H25N3O2/c1-21-15-6-4-13(5-7-15)14-8-11-19(12-9-14)10-2-3-16(20)18-17/h4-7,14H,2-3,8-12,17H2,1H3,(H,18,20). The van der Waals surface area contributed by atoms with E-state index >= 15 is 0 Å². The average Bonchev–Trinajstić information content (AvgIpc) is 2.55. The van der Waals surface area contributed by atoms with Crippen molar-refractivity contribution in [3.8, 4) is 5.75 Å². The Hall–Kier alpha value is -1.59. The number of carbonyl (C=O) groups is 1. The fourth-order valence-electron chi connectivity index (χ4n) is 2.90. The summed E-state index contributed by atoms with van der Waals surface area (Å²) in [5.41, 5.74) is 3.57. The molecule has 0 aromatic heterocycles. The maximum Gasteiger partial charge on any atom is 0.233 e. The Morgan fingerprint density at radius 2 is 2.00 bits per heavy atom. The van der Waals surface area contributed by atoms with E-state index in [-0.39, 0.29) is 5.91 Å². The number of ether oxygens (including phenoxy) is 1. The maximum atomic E-state index is 11.1. The van der Waals surface area contributed by atoms with E-state index in [9.17, 15) is 4.79 Å². The normalized spacial score (nSPS) is 16.7. The number of hydrogen-bond acceptors (Lipinski definition) is 4. The van der Waals surface area contributed by atoms with Crippen molar-refractivity contribution in [1.82, 2.24) is 10.3 Å². The Morgan fingerprint density at radius 3 is 2.57 bits per heavy atom. The molecule has 1 aromatic carbocycles. The van der Waals surface area contributed by atoms with Crippen LogP contribution in [0.1, 0.15) is 37.2 Å². The largest absolute Gasteiger partial charge is 0.497 e. The van der Waals surface area contributed by atoms with Crippen molar-refractivity contribution in [3.63, 3.8) is 0 Å². The number of rotatable bonds is 6. The molecule has 1 amide bonds. The highest BCUT2D eigenvalue weighted by molar-refractivity contribution is 5.75. The smallest absolute Gasteiger partial charge is 0.233 e. The van der Waals surface area contributed by atoms with E-state index < -0.39 is 0 Å². The third-order valence-electron chi connectivity index (χ3n) is 4.21. The minimum absolute atomic E-state index is 0.0804. The number of hydrazine groups is 1. The summed E-state index contributed by atoms with van der Waals surface area (Å²) < 4.78 is 5.20. The summed E-state index contributed by atoms with van der Waals surface area (Å²) in [7, 11) is 1.69. The van der Waals surface area contributed by atoms with Crippen LogP contribution in [-0.2, 0) is 4.79 Å². The van der Waals surface area contributed by atoms with Crippen molar-refractivity contribution in [1.29, 1.82) is 0 Å². The first kappa shape index (κ1) is 15.8. The van der Waals surface area contributed by atoms with E-state index in [1.807, 2.05) is 12.1 Å². The second-order valence-electron chi connectivity index (χ2n) is 5.56. The van der Waals surface area contributed by atoms with Gasteiger partial charge in [0.1, 0.15) is 5.75 Å². The Bertz CT molecular complexity index is 439. The van der Waals surface area contributed by atoms with Crippen molar-refractivity contribution in [2.24, 2.45) is 5.84 Å². The van der Waals surface area contributed by atoms with Gasteiger partial charge in [0.15, 0.2) is 0 Å². The number of methoxy groups -OCH3 is 1. The first-order chi connectivity index (χ1) is 10.2. The Kier molecular flexibility index (Phi) is 6.02. The molecule has 0 aliphatic carbocycles. The zero-order valence-corrected chi connectivity index (χ0v) is 12.7. The number of carbonyl (C=O) groups excluding carboxylic acids is 1. The van der Waals surface area contributed by atoms with Crippen molar-refractivity contribution in [2.75, 3.05) is 26.7 Å². The van der Waals surface area contributed by atoms with Gasteiger partial charge in [0.05, 0.1) is 7.11 Å². The van der Waals surface area contributed by atoms with Gasteiger partial charge in [-0.05, 0) is 62.5 Å². The molecular formula is C16H25N3O2. The molecule has 1 aliphatic heterocycles. The highest BCUT2D eigenvalue weighted by Crippen LogP contribution is 2.29. The second-order valence-corrected chi connectivity index (χ2v) is 5.56. The lowest BCUT2D eigenvalue weighted by Crippen LogP contribution is -2.35. The lowest BCUT2D eigenvalue weighted by atomic mass is 9.89. The van der Waals surface area contributed by atoms with E-state index in [4.69, 9.17) is 10.6 Å². The van der Waals surface area contributed by atoms with E-state index in [2.05, 4.69) is 22.5 Å². The topological polar surface area (TPSA) is 67.6 Å². The van der Waals surface area contributed by atoms with E-state index in [0.29, 0.717) is 12.3 Å². The van der Waals surface area contributed by atoms with Gasteiger partial charge in [-0.1, -0.05) is 12.1 Å². The molecule has 2 rings (SSSR count). The minimum Gasteiger partial charge on any atom is -0.497 e. The van der Waals surface area contributed by atoms with Crippen molar-refractivity contribution >= 4 is 5.91 Å². The quantitative estimate of drug-likeness (QED) is 0.475. The SMILES string of the molecule is COc1ccc(C2CCN(CCCC(=O)NN)CC2)cc1. The Morgan fingerprint density at radius 1 is 1.33 bits per heavy atom. The first-order valence-electron chi connectivity index (χ1n) is 7.58. The van der Waals surface area contributed by atoms with Crippen LogP contribution < -0.4 is 16.0 Å². The molecule has 0 saturated carbocycles. The molecule has 21 heavy (non-hydrogen) atoms. The van der Waals surface area contributed by atoms with Crippen LogP contribution in [0.25, 0.3) is 0 Å². The highest BCUT2D eigenvalue weighted by Gasteiger charge is 2.20. The fraction of sp³-hybridized carbons (Fsp3) is 0.562.